The average Bonchev–Trinajstić information content (AvgIpc) is 2.55. The number of hydrogen-bond acceptors (Lipinski definition) is 4. The fourth-order valence-electron chi connectivity index (χ4n) is 1.92. The van der Waals surface area contributed by atoms with E-state index in [1.54, 1.807) is 6.08 Å². The molecule has 0 atom stereocenters. The first-order valence-corrected chi connectivity index (χ1v) is 6.75. The van der Waals surface area contributed by atoms with E-state index in [1.807, 2.05) is 30.3 Å². The van der Waals surface area contributed by atoms with Gasteiger partial charge in [0.15, 0.2) is 5.75 Å². The van der Waals surface area contributed by atoms with Crippen LogP contribution in [0.25, 0.3) is 11.3 Å². The Labute approximate surface area is 128 Å². The number of benzene rings is 1. The van der Waals surface area contributed by atoms with Crippen molar-refractivity contribution >= 4 is 5.91 Å². The third-order valence-corrected chi connectivity index (χ3v) is 2.97. The second kappa shape index (κ2) is 7.21. The van der Waals surface area contributed by atoms with E-state index in [2.05, 4.69) is 17.0 Å². The highest BCUT2D eigenvalue weighted by Gasteiger charge is 2.13. The van der Waals surface area contributed by atoms with Crippen molar-refractivity contribution in [1.82, 2.24) is 15.1 Å². The second-order valence-electron chi connectivity index (χ2n) is 4.52. The van der Waals surface area contributed by atoms with Gasteiger partial charge >= 0.3 is 0 Å². The Balaban J connectivity index is 2.38. The summed E-state index contributed by atoms with van der Waals surface area (Å²) in [5, 5.41) is 6.86. The molecule has 0 aliphatic heterocycles. The fourth-order valence-corrected chi connectivity index (χ4v) is 1.92. The molecule has 6 heteroatoms. The normalized spacial score (nSPS) is 10.0. The summed E-state index contributed by atoms with van der Waals surface area (Å²) in [6.45, 7) is 3.70. The van der Waals surface area contributed by atoms with E-state index in [-0.39, 0.29) is 12.5 Å². The lowest BCUT2D eigenvalue weighted by Crippen LogP contribution is -2.33. The van der Waals surface area contributed by atoms with Crippen LogP contribution in [0.2, 0.25) is 0 Å². The molecule has 2 rings (SSSR count). The number of carbonyl (C=O) groups excluding carboxylic acids is 1. The van der Waals surface area contributed by atoms with Gasteiger partial charge in [0.05, 0.1) is 7.11 Å². The van der Waals surface area contributed by atoms with Crippen molar-refractivity contribution in [2.24, 2.45) is 0 Å². The highest BCUT2D eigenvalue weighted by molar-refractivity contribution is 5.75. The van der Waals surface area contributed by atoms with Gasteiger partial charge in [0.25, 0.3) is 5.56 Å². The van der Waals surface area contributed by atoms with Crippen LogP contribution in [-0.2, 0) is 11.3 Å². The van der Waals surface area contributed by atoms with Crippen LogP contribution in [0, 0.1) is 0 Å². The van der Waals surface area contributed by atoms with Crippen molar-refractivity contribution in [1.29, 1.82) is 0 Å². The maximum atomic E-state index is 12.0. The topological polar surface area (TPSA) is 73.2 Å². The maximum absolute atomic E-state index is 12.0. The predicted molar refractivity (Wildman–Crippen MR) is 83.7 cm³/mol. The average molecular weight is 299 g/mol. The molecule has 6 nitrogen and oxygen atoms in total. The number of nitrogens with zero attached hydrogens (tertiary/aromatic N) is 2. The minimum absolute atomic E-state index is 0.156. The number of ether oxygens (including phenoxy) is 1. The summed E-state index contributed by atoms with van der Waals surface area (Å²) in [5.41, 5.74) is 0.920. The molecule has 1 aromatic heterocycles. The largest absolute Gasteiger partial charge is 0.494 e. The zero-order valence-electron chi connectivity index (χ0n) is 12.3. The highest BCUT2D eigenvalue weighted by Crippen LogP contribution is 2.25. The lowest BCUT2D eigenvalue weighted by Gasteiger charge is -2.11. The standard InChI is InChI=1S/C16H17N3O3/c1-3-9-17-14(20)11-19-15(21)10-13(22-2)16(18-19)12-7-5-4-6-8-12/h3-8,10H,1,9,11H2,2H3,(H,17,20). The quantitative estimate of drug-likeness (QED) is 0.814. The number of carbonyl (C=O) groups is 1. The van der Waals surface area contributed by atoms with Crippen LogP contribution in [0.5, 0.6) is 5.75 Å². The number of amides is 1. The maximum Gasteiger partial charge on any atom is 0.270 e. The molecule has 0 bridgehead atoms. The van der Waals surface area contributed by atoms with Crippen LogP contribution in [-0.4, -0.2) is 29.3 Å². The first kappa shape index (κ1) is 15.5. The van der Waals surface area contributed by atoms with Crippen molar-refractivity contribution in [3.8, 4) is 17.0 Å². The Kier molecular flexibility index (Phi) is 5.08. The van der Waals surface area contributed by atoms with Gasteiger partial charge in [-0.1, -0.05) is 36.4 Å². The van der Waals surface area contributed by atoms with Crippen molar-refractivity contribution < 1.29 is 9.53 Å². The fraction of sp³-hybridized carbons (Fsp3) is 0.188. The number of aromatic nitrogens is 2. The summed E-state index contributed by atoms with van der Waals surface area (Å²) in [4.78, 5) is 23.7. The van der Waals surface area contributed by atoms with E-state index < -0.39 is 5.56 Å². The summed E-state index contributed by atoms with van der Waals surface area (Å²) in [7, 11) is 1.48. The van der Waals surface area contributed by atoms with E-state index in [4.69, 9.17) is 4.74 Å². The van der Waals surface area contributed by atoms with Gasteiger partial charge in [-0.3, -0.25) is 9.59 Å². The molecular formula is C16H17N3O3. The molecule has 114 valence electrons. The zero-order chi connectivity index (χ0) is 15.9. The molecule has 1 amide bonds. The van der Waals surface area contributed by atoms with E-state index in [0.717, 1.165) is 10.2 Å². The third kappa shape index (κ3) is 3.60. The number of rotatable bonds is 6. The zero-order valence-corrected chi connectivity index (χ0v) is 12.3. The summed E-state index contributed by atoms with van der Waals surface area (Å²) in [6.07, 6.45) is 1.57. The number of nitrogens with one attached hydrogen (secondary N) is 1. The molecule has 0 spiro atoms. The Morgan fingerprint density at radius 3 is 2.77 bits per heavy atom. The van der Waals surface area contributed by atoms with Gasteiger partial charge in [-0.15, -0.1) is 6.58 Å². The Morgan fingerprint density at radius 1 is 1.41 bits per heavy atom. The highest BCUT2D eigenvalue weighted by atomic mass is 16.5. The Bertz CT molecular complexity index is 723. The first-order valence-electron chi connectivity index (χ1n) is 6.75. The summed E-state index contributed by atoms with van der Waals surface area (Å²) < 4.78 is 6.33. The molecule has 22 heavy (non-hydrogen) atoms. The molecule has 1 aromatic carbocycles. The summed E-state index contributed by atoms with van der Waals surface area (Å²) in [6, 6.07) is 10.7. The number of methoxy groups -OCH3 is 1. The minimum Gasteiger partial charge on any atom is -0.494 e. The first-order chi connectivity index (χ1) is 10.7. The van der Waals surface area contributed by atoms with Crippen molar-refractivity contribution in [2.45, 2.75) is 6.54 Å². The van der Waals surface area contributed by atoms with E-state index in [9.17, 15) is 9.59 Å². The molecule has 0 aliphatic rings. The van der Waals surface area contributed by atoms with Crippen LogP contribution in [0.3, 0.4) is 0 Å². The van der Waals surface area contributed by atoms with Crippen LogP contribution in [0.15, 0.2) is 53.8 Å². The molecule has 1 N–H and O–H groups in total. The molecule has 0 saturated carbocycles. The summed E-state index contributed by atoms with van der Waals surface area (Å²) in [5.74, 6) is 0.0672. The Hall–Kier alpha value is -2.89. The lowest BCUT2D eigenvalue weighted by atomic mass is 10.1. The van der Waals surface area contributed by atoms with Gasteiger partial charge in [-0.25, -0.2) is 4.68 Å². The van der Waals surface area contributed by atoms with E-state index >= 15 is 0 Å². The Morgan fingerprint density at radius 2 is 2.14 bits per heavy atom. The number of hydrogen-bond donors (Lipinski definition) is 1. The predicted octanol–water partition coefficient (Wildman–Crippen LogP) is 1.22. The summed E-state index contributed by atoms with van der Waals surface area (Å²) >= 11 is 0. The smallest absolute Gasteiger partial charge is 0.270 e. The van der Waals surface area contributed by atoms with Crippen LogP contribution < -0.4 is 15.6 Å². The second-order valence-corrected chi connectivity index (χ2v) is 4.52. The van der Waals surface area contributed by atoms with E-state index in [0.29, 0.717) is 18.0 Å². The van der Waals surface area contributed by atoms with Gasteiger partial charge in [0.2, 0.25) is 5.91 Å². The van der Waals surface area contributed by atoms with Crippen LogP contribution in [0.4, 0.5) is 0 Å². The third-order valence-electron chi connectivity index (χ3n) is 2.97. The minimum atomic E-state index is -0.398. The van der Waals surface area contributed by atoms with Crippen molar-refractivity contribution in [3.63, 3.8) is 0 Å². The van der Waals surface area contributed by atoms with Gasteiger partial charge in [-0.2, -0.15) is 5.10 Å². The SMILES string of the molecule is C=CCNC(=O)Cn1nc(-c2ccccc2)c(OC)cc1=O. The lowest BCUT2D eigenvalue weighted by molar-refractivity contribution is -0.121. The molecule has 0 aliphatic carbocycles. The molecule has 0 radical (unpaired) electrons. The van der Waals surface area contributed by atoms with Gasteiger partial charge in [0.1, 0.15) is 12.2 Å². The molecule has 2 aromatic rings. The van der Waals surface area contributed by atoms with E-state index in [1.165, 1.54) is 13.2 Å². The molecule has 0 fully saturated rings. The van der Waals surface area contributed by atoms with Crippen molar-refractivity contribution in [3.05, 3.63) is 59.4 Å². The molecule has 0 unspecified atom stereocenters. The molecule has 0 saturated heterocycles. The molecular weight excluding hydrogens is 282 g/mol. The van der Waals surface area contributed by atoms with Gasteiger partial charge in [-0.05, 0) is 0 Å². The van der Waals surface area contributed by atoms with Gasteiger partial charge in [0, 0.05) is 18.2 Å². The molecule has 1 heterocycles. The monoisotopic (exact) mass is 299 g/mol. The van der Waals surface area contributed by atoms with Crippen molar-refractivity contribution in [2.75, 3.05) is 13.7 Å². The van der Waals surface area contributed by atoms with Crippen LogP contribution >= 0.6 is 0 Å². The van der Waals surface area contributed by atoms with Gasteiger partial charge < -0.3 is 10.1 Å². The van der Waals surface area contributed by atoms with Crippen LogP contribution in [0.1, 0.15) is 0 Å².